The van der Waals surface area contributed by atoms with E-state index in [0.29, 0.717) is 0 Å². The Hall–Kier alpha value is -0.130. The van der Waals surface area contributed by atoms with E-state index in [1.165, 1.54) is 57.8 Å². The molecule has 0 heterocycles. The summed E-state index contributed by atoms with van der Waals surface area (Å²) in [6.45, 7) is 4.18. The molecule has 0 aromatic rings. The zero-order valence-electron chi connectivity index (χ0n) is 14.0. The number of hydrogen-bond acceptors (Lipinski definition) is 4. The molecule has 0 fully saturated rings. The Morgan fingerprint density at radius 3 is 1.86 bits per heavy atom. The minimum Gasteiger partial charge on any atom is -0.329 e. The molecule has 0 aromatic heterocycles. The first-order valence-electron chi connectivity index (χ1n) is 8.63. The van der Waals surface area contributed by atoms with Crippen LogP contribution in [0.2, 0.25) is 0 Å². The maximum Gasteiger partial charge on any atom is 0.268 e. The maximum absolute atomic E-state index is 11.4. The number of unbranched alkanes of at least 4 members (excludes halogenated alkanes) is 9. The average molecular weight is 322 g/mol. The summed E-state index contributed by atoms with van der Waals surface area (Å²) in [7, 11) is -3.42. The highest BCUT2D eigenvalue weighted by Crippen LogP contribution is 2.13. The van der Waals surface area contributed by atoms with Crippen LogP contribution in [0.3, 0.4) is 0 Å². The van der Waals surface area contributed by atoms with Gasteiger partial charge in [-0.05, 0) is 13.3 Å². The van der Waals surface area contributed by atoms with Crippen molar-refractivity contribution in [1.82, 2.24) is 0 Å². The first-order chi connectivity index (χ1) is 10.0. The van der Waals surface area contributed by atoms with Gasteiger partial charge in [0.05, 0.1) is 11.9 Å². The third-order valence-electron chi connectivity index (χ3n) is 3.64. The largest absolute Gasteiger partial charge is 0.329 e. The Bertz CT molecular complexity index is 317. The van der Waals surface area contributed by atoms with Crippen molar-refractivity contribution >= 4 is 10.1 Å². The average Bonchev–Trinajstić information content (AvgIpc) is 2.40. The molecule has 5 heteroatoms. The van der Waals surface area contributed by atoms with Crippen molar-refractivity contribution < 1.29 is 12.6 Å². The summed E-state index contributed by atoms with van der Waals surface area (Å²) in [6, 6.07) is 0. The van der Waals surface area contributed by atoms with Gasteiger partial charge in [-0.2, -0.15) is 8.42 Å². The highest BCUT2D eigenvalue weighted by atomic mass is 32.2. The predicted molar refractivity (Wildman–Crippen MR) is 89.8 cm³/mol. The minimum atomic E-state index is -3.42. The Labute approximate surface area is 132 Å². The summed E-state index contributed by atoms with van der Waals surface area (Å²) in [5.41, 5.74) is 5.24. The highest BCUT2D eigenvalue weighted by molar-refractivity contribution is 7.86. The number of hydrogen-bond donors (Lipinski definition) is 1. The van der Waals surface area contributed by atoms with Gasteiger partial charge < -0.3 is 5.73 Å². The molecule has 0 aliphatic rings. The van der Waals surface area contributed by atoms with Crippen LogP contribution in [0.5, 0.6) is 0 Å². The van der Waals surface area contributed by atoms with Crippen molar-refractivity contribution in [1.29, 1.82) is 0 Å². The minimum absolute atomic E-state index is 0.0879. The van der Waals surface area contributed by atoms with Crippen LogP contribution in [0.25, 0.3) is 0 Å². The van der Waals surface area contributed by atoms with Gasteiger partial charge in [0.1, 0.15) is 0 Å². The molecule has 1 atom stereocenters. The summed E-state index contributed by atoms with van der Waals surface area (Å²) in [4.78, 5) is 0. The first kappa shape index (κ1) is 20.9. The van der Waals surface area contributed by atoms with Crippen molar-refractivity contribution in [3.8, 4) is 0 Å². The van der Waals surface area contributed by atoms with Gasteiger partial charge in [0, 0.05) is 6.54 Å². The lowest BCUT2D eigenvalue weighted by atomic mass is 10.1. The Kier molecular flexibility index (Phi) is 13.4. The summed E-state index contributed by atoms with van der Waals surface area (Å²) >= 11 is 0. The van der Waals surface area contributed by atoms with Crippen LogP contribution in [-0.2, 0) is 14.3 Å². The Morgan fingerprint density at radius 1 is 0.905 bits per heavy atom. The molecule has 0 saturated carbocycles. The standard InChI is InChI=1S/C16H35NO3S/c1-3-4-5-6-7-8-9-10-11-12-13-16(2)20-21(18,19)15-14-17/h16H,3-15,17H2,1-2H3. The fourth-order valence-electron chi connectivity index (χ4n) is 2.41. The maximum atomic E-state index is 11.4. The molecule has 2 N–H and O–H groups in total. The molecule has 0 aliphatic carbocycles. The van der Waals surface area contributed by atoms with Gasteiger partial charge in [-0.15, -0.1) is 0 Å². The SMILES string of the molecule is CCCCCCCCCCCCC(C)OS(=O)(=O)CCN. The fraction of sp³-hybridized carbons (Fsp3) is 1.00. The third-order valence-corrected chi connectivity index (χ3v) is 5.00. The van der Waals surface area contributed by atoms with Crippen molar-refractivity contribution in [3.63, 3.8) is 0 Å². The van der Waals surface area contributed by atoms with E-state index < -0.39 is 10.1 Å². The first-order valence-corrected chi connectivity index (χ1v) is 10.2. The van der Waals surface area contributed by atoms with Gasteiger partial charge in [0.15, 0.2) is 0 Å². The van der Waals surface area contributed by atoms with Crippen molar-refractivity contribution in [2.45, 2.75) is 90.6 Å². The molecule has 0 rings (SSSR count). The predicted octanol–water partition coefficient (Wildman–Crippen LogP) is 3.99. The molecule has 21 heavy (non-hydrogen) atoms. The molecular weight excluding hydrogens is 286 g/mol. The number of rotatable bonds is 15. The van der Waals surface area contributed by atoms with Crippen LogP contribution < -0.4 is 5.73 Å². The molecule has 0 bridgehead atoms. The van der Waals surface area contributed by atoms with Crippen LogP contribution in [0, 0.1) is 0 Å². The second-order valence-electron chi connectivity index (χ2n) is 5.93. The van der Waals surface area contributed by atoms with Crippen LogP contribution in [0.15, 0.2) is 0 Å². The van der Waals surface area contributed by atoms with E-state index in [4.69, 9.17) is 9.92 Å². The van der Waals surface area contributed by atoms with Crippen molar-refractivity contribution in [2.24, 2.45) is 5.73 Å². The second-order valence-corrected chi connectivity index (χ2v) is 7.64. The third kappa shape index (κ3) is 14.6. The van der Waals surface area contributed by atoms with Gasteiger partial charge in [-0.1, -0.05) is 71.1 Å². The fourth-order valence-corrected chi connectivity index (χ4v) is 3.39. The van der Waals surface area contributed by atoms with Crippen LogP contribution in [-0.4, -0.2) is 26.8 Å². The molecule has 0 aliphatic heterocycles. The zero-order valence-corrected chi connectivity index (χ0v) is 14.8. The molecule has 1 unspecified atom stereocenters. The molecule has 0 saturated heterocycles. The quantitative estimate of drug-likeness (QED) is 0.366. The van der Waals surface area contributed by atoms with Crippen LogP contribution >= 0.6 is 0 Å². The monoisotopic (exact) mass is 321 g/mol. The van der Waals surface area contributed by atoms with Gasteiger partial charge in [-0.3, -0.25) is 4.18 Å². The molecule has 128 valence electrons. The lowest BCUT2D eigenvalue weighted by Gasteiger charge is -2.12. The Morgan fingerprint density at radius 2 is 1.38 bits per heavy atom. The van der Waals surface area contributed by atoms with Crippen molar-refractivity contribution in [2.75, 3.05) is 12.3 Å². The lowest BCUT2D eigenvalue weighted by molar-refractivity contribution is 0.214. The topological polar surface area (TPSA) is 69.4 Å². The normalized spacial score (nSPS) is 13.5. The lowest BCUT2D eigenvalue weighted by Crippen LogP contribution is -2.22. The van der Waals surface area contributed by atoms with E-state index in [2.05, 4.69) is 6.92 Å². The van der Waals surface area contributed by atoms with E-state index in [9.17, 15) is 8.42 Å². The molecule has 4 nitrogen and oxygen atoms in total. The van der Waals surface area contributed by atoms with Crippen LogP contribution in [0.1, 0.15) is 84.5 Å². The summed E-state index contributed by atoms with van der Waals surface area (Å²) < 4.78 is 27.9. The van der Waals surface area contributed by atoms with Gasteiger partial charge in [0.2, 0.25) is 0 Å². The summed E-state index contributed by atoms with van der Waals surface area (Å²) in [6.07, 6.45) is 13.4. The molecular formula is C16H35NO3S. The Balaban J connectivity index is 3.38. The summed E-state index contributed by atoms with van der Waals surface area (Å²) in [5, 5.41) is 0. The summed E-state index contributed by atoms with van der Waals surface area (Å²) in [5.74, 6) is -0.0879. The molecule has 0 aromatic carbocycles. The second kappa shape index (κ2) is 13.5. The molecule has 0 amide bonds. The van der Waals surface area contributed by atoms with Gasteiger partial charge >= 0.3 is 0 Å². The number of nitrogens with two attached hydrogens (primary N) is 1. The van der Waals surface area contributed by atoms with E-state index >= 15 is 0 Å². The van der Waals surface area contributed by atoms with Gasteiger partial charge in [0.25, 0.3) is 10.1 Å². The van der Waals surface area contributed by atoms with Crippen LogP contribution in [0.4, 0.5) is 0 Å². The zero-order chi connectivity index (χ0) is 16.0. The van der Waals surface area contributed by atoms with E-state index in [-0.39, 0.29) is 18.4 Å². The highest BCUT2D eigenvalue weighted by Gasteiger charge is 2.14. The molecule has 0 radical (unpaired) electrons. The smallest absolute Gasteiger partial charge is 0.268 e. The van der Waals surface area contributed by atoms with Crippen molar-refractivity contribution in [3.05, 3.63) is 0 Å². The van der Waals surface area contributed by atoms with E-state index in [1.54, 1.807) is 0 Å². The van der Waals surface area contributed by atoms with E-state index in [1.807, 2.05) is 6.92 Å². The van der Waals surface area contributed by atoms with Gasteiger partial charge in [-0.25, -0.2) is 0 Å². The van der Waals surface area contributed by atoms with E-state index in [0.717, 1.165) is 12.8 Å². The molecule has 0 spiro atoms.